The van der Waals surface area contributed by atoms with Gasteiger partial charge in [-0.15, -0.1) is 0 Å². The Morgan fingerprint density at radius 2 is 1.89 bits per heavy atom. The third-order valence-corrected chi connectivity index (χ3v) is 3.87. The van der Waals surface area contributed by atoms with Crippen molar-refractivity contribution in [3.63, 3.8) is 0 Å². The Morgan fingerprint density at radius 3 is 2.53 bits per heavy atom. The first kappa shape index (κ1) is 14.4. The lowest BCUT2D eigenvalue weighted by atomic mass is 9.91. The minimum atomic E-state index is -0.478. The van der Waals surface area contributed by atoms with Crippen LogP contribution in [0.25, 0.3) is 0 Å². The summed E-state index contributed by atoms with van der Waals surface area (Å²) in [6.07, 6.45) is 0.815. The van der Waals surface area contributed by atoms with Crippen LogP contribution in [0.3, 0.4) is 0 Å². The van der Waals surface area contributed by atoms with Crippen molar-refractivity contribution in [2.24, 2.45) is 11.8 Å². The number of aliphatic hydroxyl groups is 1. The van der Waals surface area contributed by atoms with Gasteiger partial charge in [0.15, 0.2) is 0 Å². The number of ether oxygens (including phenoxy) is 1. The molecule has 1 fully saturated rings. The number of likely N-dealkylation sites (tertiary alicyclic amines) is 1. The highest BCUT2D eigenvalue weighted by molar-refractivity contribution is 5.35. The maximum absolute atomic E-state index is 10.4. The van der Waals surface area contributed by atoms with Crippen molar-refractivity contribution in [2.75, 3.05) is 26.7 Å². The monoisotopic (exact) mass is 263 g/mol. The van der Waals surface area contributed by atoms with Crippen molar-refractivity contribution in [1.29, 1.82) is 0 Å². The highest BCUT2D eigenvalue weighted by atomic mass is 16.5. The summed E-state index contributed by atoms with van der Waals surface area (Å²) in [4.78, 5) is 2.37. The molecule has 0 radical (unpaired) electrons. The molecule has 0 aliphatic carbocycles. The molecule has 1 aromatic rings. The van der Waals surface area contributed by atoms with Gasteiger partial charge in [-0.05, 0) is 24.3 Å². The van der Waals surface area contributed by atoms with Crippen LogP contribution >= 0.6 is 0 Å². The minimum Gasteiger partial charge on any atom is -0.496 e. The third-order valence-electron chi connectivity index (χ3n) is 3.87. The number of β-amino-alcohol motifs (C(OH)–C–C–N with tert-alkyl or cyclic N) is 1. The van der Waals surface area contributed by atoms with E-state index >= 15 is 0 Å². The molecule has 1 saturated heterocycles. The van der Waals surface area contributed by atoms with E-state index in [4.69, 9.17) is 4.74 Å². The van der Waals surface area contributed by atoms with E-state index < -0.39 is 6.10 Å². The molecule has 0 spiro atoms. The number of aliphatic hydroxyl groups excluding tert-OH is 1. The summed E-state index contributed by atoms with van der Waals surface area (Å²) in [5, 5.41) is 10.4. The zero-order chi connectivity index (χ0) is 13.8. The standard InChI is InChI=1S/C16H25NO2/c1-12-8-13(2)10-17(9-12)11-15(18)14-6-4-5-7-16(14)19-3/h4-7,12-13,15,18H,8-11H2,1-3H3. The quantitative estimate of drug-likeness (QED) is 0.906. The number of para-hydroxylation sites is 1. The second kappa shape index (κ2) is 6.40. The molecule has 19 heavy (non-hydrogen) atoms. The van der Waals surface area contributed by atoms with Gasteiger partial charge in [-0.3, -0.25) is 4.90 Å². The van der Waals surface area contributed by atoms with Gasteiger partial charge in [0.1, 0.15) is 5.75 Å². The Hall–Kier alpha value is -1.06. The van der Waals surface area contributed by atoms with Gasteiger partial charge in [0.05, 0.1) is 13.2 Å². The lowest BCUT2D eigenvalue weighted by Crippen LogP contribution is -2.40. The van der Waals surface area contributed by atoms with E-state index in [1.807, 2.05) is 24.3 Å². The first-order chi connectivity index (χ1) is 9.10. The van der Waals surface area contributed by atoms with Crippen LogP contribution in [0.4, 0.5) is 0 Å². The molecule has 0 saturated carbocycles. The molecule has 3 heteroatoms. The molecule has 106 valence electrons. The summed E-state index contributed by atoms with van der Waals surface area (Å²) < 4.78 is 5.32. The fourth-order valence-corrected chi connectivity index (χ4v) is 3.23. The van der Waals surface area contributed by atoms with Gasteiger partial charge in [-0.2, -0.15) is 0 Å². The van der Waals surface area contributed by atoms with E-state index in [0.29, 0.717) is 18.4 Å². The highest BCUT2D eigenvalue weighted by Crippen LogP contribution is 2.27. The first-order valence-corrected chi connectivity index (χ1v) is 7.13. The molecule has 1 heterocycles. The SMILES string of the molecule is COc1ccccc1C(O)CN1CC(C)CC(C)C1. The molecule has 3 unspecified atom stereocenters. The maximum Gasteiger partial charge on any atom is 0.124 e. The van der Waals surface area contributed by atoms with Crippen LogP contribution in [0, 0.1) is 11.8 Å². The number of hydrogen-bond acceptors (Lipinski definition) is 3. The number of benzene rings is 1. The van der Waals surface area contributed by atoms with E-state index in [9.17, 15) is 5.11 Å². The Balaban J connectivity index is 2.02. The van der Waals surface area contributed by atoms with Crippen LogP contribution in [-0.4, -0.2) is 36.8 Å². The molecule has 1 aromatic carbocycles. The van der Waals surface area contributed by atoms with Crippen molar-refractivity contribution < 1.29 is 9.84 Å². The van der Waals surface area contributed by atoms with Crippen LogP contribution < -0.4 is 4.74 Å². The normalized spacial score (nSPS) is 26.1. The first-order valence-electron chi connectivity index (χ1n) is 7.13. The average molecular weight is 263 g/mol. The summed E-state index contributed by atoms with van der Waals surface area (Å²) in [6.45, 7) is 7.43. The van der Waals surface area contributed by atoms with Crippen LogP contribution in [0.1, 0.15) is 31.9 Å². The fourth-order valence-electron chi connectivity index (χ4n) is 3.23. The molecule has 0 aromatic heterocycles. The predicted molar refractivity (Wildman–Crippen MR) is 77.3 cm³/mol. The molecule has 1 N–H and O–H groups in total. The summed E-state index contributed by atoms with van der Waals surface area (Å²) in [5.74, 6) is 2.20. The Kier molecular flexibility index (Phi) is 4.83. The topological polar surface area (TPSA) is 32.7 Å². The number of piperidine rings is 1. The fraction of sp³-hybridized carbons (Fsp3) is 0.625. The molecule has 0 bridgehead atoms. The van der Waals surface area contributed by atoms with E-state index in [0.717, 1.165) is 24.4 Å². The molecule has 0 amide bonds. The minimum absolute atomic E-state index is 0.478. The predicted octanol–water partition coefficient (Wildman–Crippen LogP) is 2.71. The second-order valence-electron chi connectivity index (χ2n) is 5.92. The van der Waals surface area contributed by atoms with Crippen molar-refractivity contribution in [3.8, 4) is 5.75 Å². The van der Waals surface area contributed by atoms with E-state index in [2.05, 4.69) is 18.7 Å². The summed E-state index contributed by atoms with van der Waals surface area (Å²) >= 11 is 0. The van der Waals surface area contributed by atoms with E-state index in [-0.39, 0.29) is 0 Å². The maximum atomic E-state index is 10.4. The number of rotatable bonds is 4. The highest BCUT2D eigenvalue weighted by Gasteiger charge is 2.24. The third kappa shape index (κ3) is 3.71. The average Bonchev–Trinajstić information content (AvgIpc) is 2.37. The Morgan fingerprint density at radius 1 is 1.26 bits per heavy atom. The van der Waals surface area contributed by atoms with Gasteiger partial charge in [-0.1, -0.05) is 32.0 Å². The summed E-state index contributed by atoms with van der Waals surface area (Å²) in [7, 11) is 1.65. The van der Waals surface area contributed by atoms with Crippen molar-refractivity contribution in [2.45, 2.75) is 26.4 Å². The Bertz CT molecular complexity index is 397. The van der Waals surface area contributed by atoms with Crippen LogP contribution in [0.5, 0.6) is 5.75 Å². The molecule has 3 nitrogen and oxygen atoms in total. The zero-order valence-corrected chi connectivity index (χ0v) is 12.2. The molecule has 2 rings (SSSR count). The van der Waals surface area contributed by atoms with E-state index in [1.54, 1.807) is 7.11 Å². The molecule has 1 aliphatic rings. The number of hydrogen-bond donors (Lipinski definition) is 1. The van der Waals surface area contributed by atoms with Crippen molar-refractivity contribution >= 4 is 0 Å². The lowest BCUT2D eigenvalue weighted by Gasteiger charge is -2.36. The van der Waals surface area contributed by atoms with Crippen molar-refractivity contribution in [3.05, 3.63) is 29.8 Å². The Labute approximate surface area is 116 Å². The van der Waals surface area contributed by atoms with Gasteiger partial charge in [0, 0.05) is 25.2 Å². The van der Waals surface area contributed by atoms with E-state index in [1.165, 1.54) is 6.42 Å². The largest absolute Gasteiger partial charge is 0.496 e. The lowest BCUT2D eigenvalue weighted by molar-refractivity contribution is 0.0687. The van der Waals surface area contributed by atoms with Gasteiger partial charge in [-0.25, -0.2) is 0 Å². The molecular weight excluding hydrogens is 238 g/mol. The smallest absolute Gasteiger partial charge is 0.124 e. The van der Waals surface area contributed by atoms with Gasteiger partial charge >= 0.3 is 0 Å². The van der Waals surface area contributed by atoms with Crippen LogP contribution in [0.2, 0.25) is 0 Å². The second-order valence-corrected chi connectivity index (χ2v) is 5.92. The molecule has 1 aliphatic heterocycles. The van der Waals surface area contributed by atoms with Crippen LogP contribution in [0.15, 0.2) is 24.3 Å². The number of methoxy groups -OCH3 is 1. The number of nitrogens with zero attached hydrogens (tertiary/aromatic N) is 1. The molecular formula is C16H25NO2. The van der Waals surface area contributed by atoms with Gasteiger partial charge < -0.3 is 9.84 Å². The molecule has 3 atom stereocenters. The van der Waals surface area contributed by atoms with Gasteiger partial charge in [0.2, 0.25) is 0 Å². The van der Waals surface area contributed by atoms with Crippen molar-refractivity contribution in [1.82, 2.24) is 4.90 Å². The summed E-state index contributed by atoms with van der Waals surface area (Å²) in [5.41, 5.74) is 0.885. The zero-order valence-electron chi connectivity index (χ0n) is 12.2. The van der Waals surface area contributed by atoms with Crippen LogP contribution in [-0.2, 0) is 0 Å². The summed E-state index contributed by atoms with van der Waals surface area (Å²) in [6, 6.07) is 7.73. The van der Waals surface area contributed by atoms with Gasteiger partial charge in [0.25, 0.3) is 0 Å².